The number of carbonyl (C=O) groups is 1. The monoisotopic (exact) mass is 348 g/mol. The van der Waals surface area contributed by atoms with E-state index in [4.69, 9.17) is 16.3 Å². The quantitative estimate of drug-likeness (QED) is 0.884. The Morgan fingerprint density at radius 1 is 1.39 bits per heavy atom. The lowest BCUT2D eigenvalue weighted by Crippen LogP contribution is -2.26. The molecule has 0 spiro atoms. The maximum atomic E-state index is 11.4. The minimum Gasteiger partial charge on any atom is -0.482 e. The predicted octanol–water partition coefficient (Wildman–Crippen LogP) is 3.90. The fourth-order valence-corrected chi connectivity index (χ4v) is 4.60. The second-order valence-electron chi connectivity index (χ2n) is 5.92. The molecule has 2 aromatic rings. The van der Waals surface area contributed by atoms with Gasteiger partial charge in [0.1, 0.15) is 5.75 Å². The summed E-state index contributed by atoms with van der Waals surface area (Å²) >= 11 is 7.86. The Labute approximate surface area is 143 Å². The van der Waals surface area contributed by atoms with Crippen molar-refractivity contribution in [2.75, 3.05) is 11.9 Å². The van der Waals surface area contributed by atoms with Crippen molar-refractivity contribution >= 4 is 34.5 Å². The van der Waals surface area contributed by atoms with E-state index in [0.29, 0.717) is 6.04 Å². The first kappa shape index (κ1) is 15.0. The van der Waals surface area contributed by atoms with E-state index in [1.54, 1.807) is 11.3 Å². The van der Waals surface area contributed by atoms with E-state index in [0.717, 1.165) is 40.7 Å². The maximum absolute atomic E-state index is 11.4. The number of benzene rings is 1. The number of ether oxygens (including phenoxy) is 1. The molecule has 0 fully saturated rings. The van der Waals surface area contributed by atoms with Crippen LogP contribution in [0.4, 0.5) is 5.69 Å². The number of thiophene rings is 1. The number of nitrogens with one attached hydrogen (secondary N) is 2. The molecular formula is C17H17ClN2O2S. The number of rotatable bonds is 3. The Morgan fingerprint density at radius 3 is 3.22 bits per heavy atom. The van der Waals surface area contributed by atoms with Crippen LogP contribution in [0.25, 0.3) is 0 Å². The van der Waals surface area contributed by atoms with Gasteiger partial charge in [-0.25, -0.2) is 0 Å². The molecule has 120 valence electrons. The van der Waals surface area contributed by atoms with Crippen LogP contribution >= 0.6 is 22.9 Å². The molecule has 2 aliphatic rings. The van der Waals surface area contributed by atoms with Crippen LogP contribution in [0.3, 0.4) is 0 Å². The average Bonchev–Trinajstić information content (AvgIpc) is 2.93. The van der Waals surface area contributed by atoms with Crippen molar-refractivity contribution in [3.8, 4) is 5.75 Å². The average molecular weight is 349 g/mol. The van der Waals surface area contributed by atoms with Crippen molar-refractivity contribution in [1.82, 2.24) is 5.32 Å². The van der Waals surface area contributed by atoms with Gasteiger partial charge < -0.3 is 15.4 Å². The number of amides is 1. The zero-order valence-electron chi connectivity index (χ0n) is 12.5. The van der Waals surface area contributed by atoms with E-state index in [2.05, 4.69) is 16.7 Å². The van der Waals surface area contributed by atoms with Gasteiger partial charge in [-0.15, -0.1) is 11.3 Å². The Morgan fingerprint density at radius 2 is 2.30 bits per heavy atom. The Kier molecular flexibility index (Phi) is 4.01. The molecule has 2 heterocycles. The van der Waals surface area contributed by atoms with E-state index in [1.807, 2.05) is 18.2 Å². The third kappa shape index (κ3) is 3.09. The van der Waals surface area contributed by atoms with Crippen LogP contribution in [0.1, 0.15) is 34.9 Å². The first-order valence-electron chi connectivity index (χ1n) is 7.76. The first-order chi connectivity index (χ1) is 11.2. The van der Waals surface area contributed by atoms with E-state index in [9.17, 15) is 4.79 Å². The number of carbonyl (C=O) groups excluding carboxylic acids is 1. The summed E-state index contributed by atoms with van der Waals surface area (Å²) in [5.41, 5.74) is 3.23. The summed E-state index contributed by atoms with van der Waals surface area (Å²) < 4.78 is 6.26. The lowest BCUT2D eigenvalue weighted by Gasteiger charge is -2.24. The molecule has 1 atom stereocenters. The highest BCUT2D eigenvalue weighted by molar-refractivity contribution is 7.16. The van der Waals surface area contributed by atoms with E-state index < -0.39 is 0 Å². The van der Waals surface area contributed by atoms with E-state index in [-0.39, 0.29) is 12.5 Å². The third-order valence-corrected chi connectivity index (χ3v) is 5.65. The molecule has 0 saturated carbocycles. The number of hydrogen-bond acceptors (Lipinski definition) is 4. The highest BCUT2D eigenvalue weighted by atomic mass is 35.5. The zero-order chi connectivity index (χ0) is 15.8. The summed E-state index contributed by atoms with van der Waals surface area (Å²) in [6.07, 6.45) is 3.45. The van der Waals surface area contributed by atoms with Crippen molar-refractivity contribution in [1.29, 1.82) is 0 Å². The van der Waals surface area contributed by atoms with Crippen molar-refractivity contribution in [3.63, 3.8) is 0 Å². The van der Waals surface area contributed by atoms with Gasteiger partial charge in [-0.05, 0) is 48.6 Å². The molecule has 23 heavy (non-hydrogen) atoms. The highest BCUT2D eigenvalue weighted by Crippen LogP contribution is 2.38. The summed E-state index contributed by atoms with van der Waals surface area (Å²) in [6, 6.07) is 8.38. The molecular weight excluding hydrogens is 332 g/mol. The van der Waals surface area contributed by atoms with Gasteiger partial charge in [0.2, 0.25) is 0 Å². The van der Waals surface area contributed by atoms with Gasteiger partial charge in [-0.2, -0.15) is 0 Å². The van der Waals surface area contributed by atoms with Gasteiger partial charge in [0.05, 0.1) is 10.0 Å². The molecule has 2 N–H and O–H groups in total. The van der Waals surface area contributed by atoms with Gasteiger partial charge >= 0.3 is 0 Å². The van der Waals surface area contributed by atoms with Crippen molar-refractivity contribution in [2.24, 2.45) is 0 Å². The highest BCUT2D eigenvalue weighted by Gasteiger charge is 2.22. The summed E-state index contributed by atoms with van der Waals surface area (Å²) in [7, 11) is 0. The van der Waals surface area contributed by atoms with E-state index >= 15 is 0 Å². The summed E-state index contributed by atoms with van der Waals surface area (Å²) in [6.45, 7) is 0.842. The van der Waals surface area contributed by atoms with Crippen LogP contribution in [0.15, 0.2) is 24.3 Å². The fourth-order valence-electron chi connectivity index (χ4n) is 3.21. The standard InChI is InChI=1S/C17H17ClN2O2S/c18-16-7-11-12(2-1-3-15(11)23-16)19-8-10-4-5-14-13(6-10)20-17(21)9-22-14/h4-7,12,19H,1-3,8-9H2,(H,20,21). The number of halogens is 1. The lowest BCUT2D eigenvalue weighted by molar-refractivity contribution is -0.118. The van der Waals surface area contributed by atoms with E-state index in [1.165, 1.54) is 16.9 Å². The van der Waals surface area contributed by atoms with Crippen LogP contribution in [0, 0.1) is 0 Å². The second kappa shape index (κ2) is 6.15. The smallest absolute Gasteiger partial charge is 0.262 e. The number of aryl methyl sites for hydroxylation is 1. The normalized spacial score (nSPS) is 19.5. The van der Waals surface area contributed by atoms with Crippen molar-refractivity contribution < 1.29 is 9.53 Å². The SMILES string of the molecule is O=C1COc2ccc(CNC3CCCc4sc(Cl)cc43)cc2N1. The number of fused-ring (bicyclic) bond motifs is 2. The fraction of sp³-hybridized carbons (Fsp3) is 0.353. The predicted molar refractivity (Wildman–Crippen MR) is 92.4 cm³/mol. The molecule has 1 aromatic carbocycles. The van der Waals surface area contributed by atoms with Gasteiger partial charge in [-0.3, -0.25) is 4.79 Å². The molecule has 0 saturated heterocycles. The molecule has 0 bridgehead atoms. The minimum absolute atomic E-state index is 0.0916. The van der Waals surface area contributed by atoms with Gasteiger partial charge in [-0.1, -0.05) is 17.7 Å². The second-order valence-corrected chi connectivity index (χ2v) is 7.69. The maximum Gasteiger partial charge on any atom is 0.262 e. The molecule has 4 nitrogen and oxygen atoms in total. The van der Waals surface area contributed by atoms with Gasteiger partial charge in [0.25, 0.3) is 5.91 Å². The molecule has 1 aliphatic heterocycles. The summed E-state index contributed by atoms with van der Waals surface area (Å²) in [5.74, 6) is 0.630. The van der Waals surface area contributed by atoms with Gasteiger partial charge in [0.15, 0.2) is 6.61 Å². The van der Waals surface area contributed by atoms with Crippen molar-refractivity contribution in [3.05, 3.63) is 44.6 Å². The largest absolute Gasteiger partial charge is 0.482 e. The molecule has 0 radical (unpaired) electrons. The number of anilines is 1. The Balaban J connectivity index is 1.48. The van der Waals surface area contributed by atoms with Crippen LogP contribution in [0.5, 0.6) is 5.75 Å². The minimum atomic E-state index is -0.104. The zero-order valence-corrected chi connectivity index (χ0v) is 14.1. The Hall–Kier alpha value is -1.56. The number of hydrogen-bond donors (Lipinski definition) is 2. The molecule has 4 rings (SSSR count). The summed E-state index contributed by atoms with van der Waals surface area (Å²) in [5, 5.41) is 6.47. The van der Waals surface area contributed by atoms with Crippen LogP contribution in [0.2, 0.25) is 4.34 Å². The molecule has 1 aromatic heterocycles. The van der Waals surface area contributed by atoms with Crippen LogP contribution in [-0.2, 0) is 17.8 Å². The van der Waals surface area contributed by atoms with Gasteiger partial charge in [0, 0.05) is 17.5 Å². The topological polar surface area (TPSA) is 50.4 Å². The Bertz CT molecular complexity index is 759. The van der Waals surface area contributed by atoms with Crippen LogP contribution in [-0.4, -0.2) is 12.5 Å². The molecule has 1 aliphatic carbocycles. The lowest BCUT2D eigenvalue weighted by atomic mass is 9.94. The van der Waals surface area contributed by atoms with Crippen molar-refractivity contribution in [2.45, 2.75) is 31.8 Å². The molecule has 1 amide bonds. The first-order valence-corrected chi connectivity index (χ1v) is 8.95. The molecule has 6 heteroatoms. The third-order valence-electron chi connectivity index (χ3n) is 4.31. The molecule has 1 unspecified atom stereocenters. The summed E-state index contributed by atoms with van der Waals surface area (Å²) in [4.78, 5) is 12.8. The van der Waals surface area contributed by atoms with Crippen LogP contribution < -0.4 is 15.4 Å².